The van der Waals surface area contributed by atoms with Gasteiger partial charge in [-0.2, -0.15) is 0 Å². The summed E-state index contributed by atoms with van der Waals surface area (Å²) in [5.41, 5.74) is 0. The molecule has 0 atom stereocenters. The molecule has 0 rings (SSSR count). The van der Waals surface area contributed by atoms with Crippen molar-refractivity contribution < 1.29 is 79.3 Å². The summed E-state index contributed by atoms with van der Waals surface area (Å²) >= 11 is 0. The Balaban J connectivity index is 0. The van der Waals surface area contributed by atoms with Crippen molar-refractivity contribution >= 4 is 0 Å². The zero-order valence-corrected chi connectivity index (χ0v) is 8.77. The number of hydrogen-bond donors (Lipinski definition) is 0. The van der Waals surface area contributed by atoms with Crippen LogP contribution in [0.25, 0.3) is 0 Å². The second-order valence-electron chi connectivity index (χ2n) is 0. The first-order valence-electron chi connectivity index (χ1n) is 0. The Morgan fingerprint density at radius 3 is 0.750 bits per heavy atom. The predicted octanol–water partition coefficient (Wildman–Crippen LogP) is -0.0100. The predicted molar refractivity (Wildman–Crippen MR) is 0 cm³/mol. The van der Waals surface area contributed by atoms with Crippen LogP contribution in [0, 0.1) is 0 Å². The molecule has 32 valence electrons. The van der Waals surface area contributed by atoms with Crippen LogP contribution in [-0.4, -0.2) is 0 Å². The summed E-state index contributed by atoms with van der Waals surface area (Å²) in [6.45, 7) is 0. The third-order valence-electron chi connectivity index (χ3n) is 0. The van der Waals surface area contributed by atoms with E-state index in [-0.39, 0.29) is 79.3 Å². The summed E-state index contributed by atoms with van der Waals surface area (Å²) < 4.78 is 0. The zero-order chi connectivity index (χ0) is 0. The second kappa shape index (κ2) is 17.7. The molecule has 0 unspecified atom stereocenters. The van der Waals surface area contributed by atoms with E-state index in [1.165, 1.54) is 0 Å². The maximum Gasteiger partial charge on any atom is 0 e. The maximum absolute atomic E-state index is 0. The molecule has 0 radical (unpaired) electrons. The Morgan fingerprint density at radius 2 is 0.750 bits per heavy atom. The third kappa shape index (κ3) is 8.82. The van der Waals surface area contributed by atoms with E-state index in [1.807, 2.05) is 0 Å². The van der Waals surface area contributed by atoms with Gasteiger partial charge in [-0.3, -0.25) is 0 Å². The molecule has 0 aromatic carbocycles. The quantitative estimate of drug-likeness (QED) is 0.458. The fourth-order valence-corrected chi connectivity index (χ4v) is 0. The summed E-state index contributed by atoms with van der Waals surface area (Å²) in [5, 5.41) is 0. The van der Waals surface area contributed by atoms with Crippen molar-refractivity contribution in [2.24, 2.45) is 0 Å². The average molecular weight is 449 g/mol. The van der Waals surface area contributed by atoms with Crippen molar-refractivity contribution in [2.45, 2.75) is 0 Å². The molecule has 0 heterocycles. The molecular formula is CrPd2W. The molecular weight excluding hydrogens is 449 g/mol. The summed E-state index contributed by atoms with van der Waals surface area (Å²) in [6, 6.07) is 0. The summed E-state index contributed by atoms with van der Waals surface area (Å²) in [4.78, 5) is 0. The molecule has 0 aromatic rings. The van der Waals surface area contributed by atoms with Gasteiger partial charge in [0.05, 0.1) is 0 Å². The smallest absolute Gasteiger partial charge is 0 e. The molecule has 0 amide bonds. The van der Waals surface area contributed by atoms with Gasteiger partial charge < -0.3 is 0 Å². The van der Waals surface area contributed by atoms with Gasteiger partial charge in [0, 0.05) is 79.3 Å². The molecule has 4 heteroatoms. The largest absolute Gasteiger partial charge is 0 e. The Morgan fingerprint density at radius 1 is 0.750 bits per heavy atom. The van der Waals surface area contributed by atoms with E-state index < -0.39 is 0 Å². The van der Waals surface area contributed by atoms with Gasteiger partial charge in [-0.15, -0.1) is 0 Å². The average Bonchev–Trinajstić information content (AvgIpc) is 0. The maximum atomic E-state index is 0. The molecule has 0 aliphatic heterocycles. The monoisotopic (exact) mass is 448 g/mol. The molecule has 0 aromatic heterocycles. The van der Waals surface area contributed by atoms with Gasteiger partial charge in [0.15, 0.2) is 0 Å². The van der Waals surface area contributed by atoms with Crippen molar-refractivity contribution in [2.75, 3.05) is 0 Å². The fraction of sp³-hybridized carbons (Fsp3) is 0. The molecule has 0 aliphatic carbocycles. The molecule has 0 spiro atoms. The van der Waals surface area contributed by atoms with Gasteiger partial charge in [0.2, 0.25) is 0 Å². The van der Waals surface area contributed by atoms with Crippen molar-refractivity contribution in [1.82, 2.24) is 0 Å². The van der Waals surface area contributed by atoms with Gasteiger partial charge in [-0.05, 0) is 0 Å². The molecule has 0 N–H and O–H groups in total. The molecule has 0 saturated heterocycles. The van der Waals surface area contributed by atoms with E-state index >= 15 is 0 Å². The van der Waals surface area contributed by atoms with Crippen molar-refractivity contribution in [1.29, 1.82) is 0 Å². The van der Waals surface area contributed by atoms with E-state index in [0.717, 1.165) is 0 Å². The van der Waals surface area contributed by atoms with E-state index in [4.69, 9.17) is 0 Å². The first kappa shape index (κ1) is 31.1. The fourth-order valence-electron chi connectivity index (χ4n) is 0. The van der Waals surface area contributed by atoms with Crippen LogP contribution in [0.3, 0.4) is 0 Å². The van der Waals surface area contributed by atoms with E-state index in [1.54, 1.807) is 0 Å². The Labute approximate surface area is 78.2 Å². The van der Waals surface area contributed by atoms with Crippen molar-refractivity contribution in [3.05, 3.63) is 0 Å². The first-order chi connectivity index (χ1) is 0. The van der Waals surface area contributed by atoms with Gasteiger partial charge in [0.25, 0.3) is 0 Å². The topological polar surface area (TPSA) is 0 Å². The minimum atomic E-state index is 0. The second-order valence-corrected chi connectivity index (χ2v) is 0. The summed E-state index contributed by atoms with van der Waals surface area (Å²) in [5.74, 6) is 0. The standard InChI is InChI=1S/Cr.2Pd.W. The van der Waals surface area contributed by atoms with Crippen LogP contribution < -0.4 is 0 Å². The van der Waals surface area contributed by atoms with Gasteiger partial charge in [-0.25, -0.2) is 0 Å². The van der Waals surface area contributed by atoms with Crippen LogP contribution >= 0.6 is 0 Å². The Hall–Kier alpha value is 2.55. The van der Waals surface area contributed by atoms with Crippen LogP contribution in [0.5, 0.6) is 0 Å². The molecule has 0 nitrogen and oxygen atoms in total. The minimum absolute atomic E-state index is 0. The normalized spacial score (nSPS) is 0. The van der Waals surface area contributed by atoms with Crippen LogP contribution in [0.4, 0.5) is 0 Å². The van der Waals surface area contributed by atoms with Crippen molar-refractivity contribution in [3.8, 4) is 0 Å². The number of hydrogen-bond acceptors (Lipinski definition) is 0. The minimum Gasteiger partial charge on any atom is 0 e. The van der Waals surface area contributed by atoms with Crippen LogP contribution in [0.1, 0.15) is 0 Å². The van der Waals surface area contributed by atoms with Gasteiger partial charge in [-0.1, -0.05) is 0 Å². The van der Waals surface area contributed by atoms with Crippen LogP contribution in [0.2, 0.25) is 0 Å². The molecule has 0 aliphatic rings. The Bertz CT molecular complexity index is 6.00. The molecule has 4 heavy (non-hydrogen) atoms. The van der Waals surface area contributed by atoms with Crippen LogP contribution in [0.15, 0.2) is 0 Å². The third-order valence-corrected chi connectivity index (χ3v) is 0. The van der Waals surface area contributed by atoms with E-state index in [9.17, 15) is 0 Å². The molecule has 0 fully saturated rings. The van der Waals surface area contributed by atoms with E-state index in [2.05, 4.69) is 0 Å². The summed E-state index contributed by atoms with van der Waals surface area (Å²) in [6.07, 6.45) is 0. The van der Waals surface area contributed by atoms with Gasteiger partial charge >= 0.3 is 0 Å². The first-order valence-corrected chi connectivity index (χ1v) is 0. The Kier molecular flexibility index (Phi) is 137. The zero-order valence-electron chi connectivity index (χ0n) is 1.45. The van der Waals surface area contributed by atoms with Gasteiger partial charge in [0.1, 0.15) is 0 Å². The molecule has 0 bridgehead atoms. The number of rotatable bonds is 0. The molecule has 0 saturated carbocycles. The van der Waals surface area contributed by atoms with Crippen LogP contribution in [-0.2, 0) is 79.3 Å². The van der Waals surface area contributed by atoms with E-state index in [0.29, 0.717) is 0 Å². The summed E-state index contributed by atoms with van der Waals surface area (Å²) in [7, 11) is 0. The van der Waals surface area contributed by atoms with Crippen molar-refractivity contribution in [3.63, 3.8) is 0 Å². The SMILES string of the molecule is [Cr].[Pd].[Pd].[W].